The topological polar surface area (TPSA) is 47.1 Å². The Labute approximate surface area is 154 Å². The molecule has 2 aliphatic heterocycles. The molecule has 0 saturated carbocycles. The number of halogens is 3. The van der Waals surface area contributed by atoms with Gasteiger partial charge in [-0.05, 0) is 79.0 Å². The number of aryl methyl sites for hydroxylation is 2. The van der Waals surface area contributed by atoms with Crippen molar-refractivity contribution >= 4 is 64.8 Å². The number of nitrogens with zero attached hydrogens (tertiary/aromatic N) is 3. The Morgan fingerprint density at radius 1 is 1.09 bits per heavy atom. The maximum Gasteiger partial charge on any atom is 0.206 e. The zero-order valence-electron chi connectivity index (χ0n) is 12.1. The van der Waals surface area contributed by atoms with Crippen molar-refractivity contribution in [1.29, 1.82) is 0 Å². The minimum Gasteiger partial charge on any atom is -0.338 e. The molecule has 7 heteroatoms. The monoisotopic (exact) mass is 490 g/mol. The van der Waals surface area contributed by atoms with E-state index in [2.05, 4.69) is 57.3 Å². The third-order valence-electron chi connectivity index (χ3n) is 4.81. The summed E-state index contributed by atoms with van der Waals surface area (Å²) < 4.78 is 5.63. The molecule has 0 amide bonds. The van der Waals surface area contributed by atoms with Gasteiger partial charge in [0.25, 0.3) is 0 Å². The van der Waals surface area contributed by atoms with E-state index in [4.69, 9.17) is 10.7 Å². The molecular weight excluding hydrogens is 476 g/mol. The molecule has 118 valence electrons. The summed E-state index contributed by atoms with van der Waals surface area (Å²) in [6, 6.07) is 0.420. The van der Waals surface area contributed by atoms with Crippen molar-refractivity contribution in [3.05, 3.63) is 19.0 Å². The van der Waals surface area contributed by atoms with Crippen molar-refractivity contribution in [2.75, 3.05) is 18.0 Å². The first-order valence-corrected chi connectivity index (χ1v) is 10.0. The third kappa shape index (κ3) is 2.12. The summed E-state index contributed by atoms with van der Waals surface area (Å²) in [5.74, 6) is 1.09. The molecule has 0 spiro atoms. The van der Waals surface area contributed by atoms with Crippen LogP contribution in [0.5, 0.6) is 0 Å². The number of nitrogens with two attached hydrogens (primary N) is 1. The lowest BCUT2D eigenvalue weighted by atomic mass is 10.0. The molecule has 2 N–H and O–H groups in total. The van der Waals surface area contributed by atoms with E-state index in [1.807, 2.05) is 0 Å². The maximum atomic E-state index is 5.97. The highest BCUT2D eigenvalue weighted by atomic mass is 79.9. The van der Waals surface area contributed by atoms with Crippen LogP contribution in [0.3, 0.4) is 0 Å². The zero-order chi connectivity index (χ0) is 15.4. The average Bonchev–Trinajstić information content (AvgIpc) is 3.15. The molecule has 1 saturated heterocycles. The molecule has 0 aliphatic carbocycles. The van der Waals surface area contributed by atoms with Gasteiger partial charge in [0.15, 0.2) is 0 Å². The molecule has 2 aromatic rings. The van der Waals surface area contributed by atoms with E-state index in [1.54, 1.807) is 0 Å². The fourth-order valence-electron chi connectivity index (χ4n) is 3.75. The van der Waals surface area contributed by atoms with E-state index >= 15 is 0 Å². The first-order valence-electron chi connectivity index (χ1n) is 7.65. The molecule has 1 atom stereocenters. The van der Waals surface area contributed by atoms with E-state index in [0.717, 1.165) is 50.8 Å². The van der Waals surface area contributed by atoms with Gasteiger partial charge in [0, 0.05) is 34.6 Å². The van der Waals surface area contributed by atoms with Crippen LogP contribution in [0.25, 0.3) is 11.0 Å². The predicted molar refractivity (Wildman–Crippen MR) is 101 cm³/mol. The van der Waals surface area contributed by atoms with Crippen LogP contribution in [0.15, 0.2) is 13.4 Å². The highest BCUT2D eigenvalue weighted by Gasteiger charge is 2.31. The van der Waals surface area contributed by atoms with Crippen LogP contribution in [0, 0.1) is 0 Å². The van der Waals surface area contributed by atoms with E-state index in [-0.39, 0.29) is 0 Å². The first-order chi connectivity index (χ1) is 10.6. The number of rotatable bonds is 2. The van der Waals surface area contributed by atoms with Gasteiger partial charge in [-0.25, -0.2) is 4.98 Å². The molecule has 2 aliphatic rings. The second-order valence-corrected chi connectivity index (χ2v) is 8.39. The predicted octanol–water partition coefficient (Wildman–Crippen LogP) is 4.20. The molecule has 1 unspecified atom stereocenters. The molecular formula is C15H17Br3N4. The highest BCUT2D eigenvalue weighted by molar-refractivity contribution is 9.14. The molecule has 0 bridgehead atoms. The summed E-state index contributed by atoms with van der Waals surface area (Å²) in [6.45, 7) is 2.79. The molecule has 4 nitrogen and oxygen atoms in total. The molecule has 4 rings (SSSR count). The van der Waals surface area contributed by atoms with Crippen molar-refractivity contribution in [3.8, 4) is 0 Å². The van der Waals surface area contributed by atoms with Crippen LogP contribution < -0.4 is 10.6 Å². The number of aromatic nitrogens is 2. The zero-order valence-corrected chi connectivity index (χ0v) is 16.8. The van der Waals surface area contributed by atoms with Crippen molar-refractivity contribution in [2.24, 2.45) is 5.73 Å². The van der Waals surface area contributed by atoms with Gasteiger partial charge in [-0.1, -0.05) is 0 Å². The molecule has 3 heterocycles. The number of hydrogen-bond acceptors (Lipinski definition) is 3. The lowest BCUT2D eigenvalue weighted by Gasteiger charge is -2.27. The Kier molecular flexibility index (Phi) is 4.03. The van der Waals surface area contributed by atoms with E-state index in [0.29, 0.717) is 12.6 Å². The SMILES string of the molecule is NCC1CCCN1c1nc2c(Br)c(Br)c(Br)c3c2n1CCC3. The fourth-order valence-corrected chi connectivity index (χ4v) is 5.51. The van der Waals surface area contributed by atoms with E-state index in [1.165, 1.54) is 23.9 Å². The highest BCUT2D eigenvalue weighted by Crippen LogP contribution is 2.44. The van der Waals surface area contributed by atoms with Crippen LogP contribution in [0.4, 0.5) is 5.95 Å². The second-order valence-electron chi connectivity index (χ2n) is 6.01. The summed E-state index contributed by atoms with van der Waals surface area (Å²) in [6.07, 6.45) is 4.61. The van der Waals surface area contributed by atoms with Crippen LogP contribution >= 0.6 is 47.8 Å². The summed E-state index contributed by atoms with van der Waals surface area (Å²) >= 11 is 11.1. The van der Waals surface area contributed by atoms with Gasteiger partial charge >= 0.3 is 0 Å². The first kappa shape index (κ1) is 15.4. The van der Waals surface area contributed by atoms with Crippen LogP contribution in [0.1, 0.15) is 24.8 Å². The Morgan fingerprint density at radius 3 is 2.68 bits per heavy atom. The summed E-state index contributed by atoms with van der Waals surface area (Å²) in [5, 5.41) is 0. The Balaban J connectivity index is 1.99. The van der Waals surface area contributed by atoms with Crippen LogP contribution in [-0.4, -0.2) is 28.7 Å². The van der Waals surface area contributed by atoms with Gasteiger partial charge in [-0.15, -0.1) is 0 Å². The summed E-state index contributed by atoms with van der Waals surface area (Å²) in [7, 11) is 0. The van der Waals surface area contributed by atoms with Gasteiger partial charge in [-0.2, -0.15) is 0 Å². The van der Waals surface area contributed by atoms with Crippen molar-refractivity contribution in [2.45, 2.75) is 38.3 Å². The van der Waals surface area contributed by atoms with Crippen LogP contribution in [0.2, 0.25) is 0 Å². The van der Waals surface area contributed by atoms with Crippen LogP contribution in [-0.2, 0) is 13.0 Å². The van der Waals surface area contributed by atoms with Gasteiger partial charge in [0.05, 0.1) is 9.99 Å². The smallest absolute Gasteiger partial charge is 0.206 e. The molecule has 1 aromatic carbocycles. The molecule has 0 radical (unpaired) electrons. The molecule has 1 aromatic heterocycles. The quantitative estimate of drug-likeness (QED) is 0.639. The molecule has 1 fully saturated rings. The lowest BCUT2D eigenvalue weighted by molar-refractivity contribution is 0.598. The van der Waals surface area contributed by atoms with E-state index in [9.17, 15) is 0 Å². The third-order valence-corrected chi connectivity index (χ3v) is 8.31. The van der Waals surface area contributed by atoms with Crippen molar-refractivity contribution in [1.82, 2.24) is 9.55 Å². The van der Waals surface area contributed by atoms with Crippen molar-refractivity contribution < 1.29 is 0 Å². The number of benzene rings is 1. The Hall–Kier alpha value is -0.110. The average molecular weight is 493 g/mol. The summed E-state index contributed by atoms with van der Waals surface area (Å²) in [5.41, 5.74) is 9.65. The number of hydrogen-bond donors (Lipinski definition) is 1. The lowest BCUT2D eigenvalue weighted by Crippen LogP contribution is -2.37. The largest absolute Gasteiger partial charge is 0.338 e. The van der Waals surface area contributed by atoms with Crippen molar-refractivity contribution in [3.63, 3.8) is 0 Å². The van der Waals surface area contributed by atoms with Gasteiger partial charge in [-0.3, -0.25) is 0 Å². The normalized spacial score (nSPS) is 21.1. The van der Waals surface area contributed by atoms with Gasteiger partial charge < -0.3 is 15.2 Å². The Morgan fingerprint density at radius 2 is 1.91 bits per heavy atom. The maximum absolute atomic E-state index is 5.97. The van der Waals surface area contributed by atoms with Gasteiger partial charge in [0.1, 0.15) is 5.52 Å². The fraction of sp³-hybridized carbons (Fsp3) is 0.533. The second kappa shape index (κ2) is 5.76. The Bertz CT molecular complexity index is 755. The molecule has 22 heavy (non-hydrogen) atoms. The summed E-state index contributed by atoms with van der Waals surface area (Å²) in [4.78, 5) is 7.41. The number of imidazole rings is 1. The minimum atomic E-state index is 0.420. The minimum absolute atomic E-state index is 0.420. The number of anilines is 1. The van der Waals surface area contributed by atoms with E-state index < -0.39 is 0 Å². The van der Waals surface area contributed by atoms with Gasteiger partial charge in [0.2, 0.25) is 5.95 Å². The standard InChI is InChI=1S/C15H17Br3N4/c16-10-9-4-2-6-22-14(9)13(12(18)11(10)17)20-15(22)21-5-1-3-8(21)7-19/h8H,1-7,19H2.